The van der Waals surface area contributed by atoms with E-state index in [0.717, 1.165) is 120 Å². The Bertz CT molecular complexity index is 1330. The first-order chi connectivity index (χ1) is 31.8. The molecular formula is C56H93NO8. The zero-order valence-corrected chi connectivity index (χ0v) is 41.3. The van der Waals surface area contributed by atoms with Gasteiger partial charge in [0.05, 0.1) is 19.6 Å². The molecule has 0 saturated carbocycles. The first kappa shape index (κ1) is 59.2. The maximum atomic E-state index is 12.3. The van der Waals surface area contributed by atoms with Gasteiger partial charge < -0.3 is 29.3 Å². The lowest BCUT2D eigenvalue weighted by Crippen LogP contribution is -2.17. The molecule has 370 valence electrons. The summed E-state index contributed by atoms with van der Waals surface area (Å²) in [6.45, 7) is 2.19. The van der Waals surface area contributed by atoms with Crippen LogP contribution in [0.25, 0.3) is 0 Å². The van der Waals surface area contributed by atoms with Crippen LogP contribution in [0.5, 0.6) is 11.5 Å². The number of ether oxygens (including phenoxy) is 3. The SMILES string of the molecule is CN(C)CCC(=O)OCc1cc(OCCCCCCCCCC=CCC=CCCCCCCCC(=O)O)cc(OCCCCCCCCCC=CCC=CCCCCCCCC(=O)O)c1. The van der Waals surface area contributed by atoms with Crippen molar-refractivity contribution in [1.29, 1.82) is 0 Å². The molecule has 0 unspecified atom stereocenters. The molecule has 0 spiro atoms. The molecule has 0 fully saturated rings. The molecule has 1 aromatic carbocycles. The fraction of sp³-hybridized carbons (Fsp3) is 0.696. The summed E-state index contributed by atoms with van der Waals surface area (Å²) in [6, 6.07) is 5.92. The molecule has 9 heteroatoms. The van der Waals surface area contributed by atoms with Gasteiger partial charge in [0.15, 0.2) is 0 Å². The minimum Gasteiger partial charge on any atom is -0.493 e. The second-order valence-corrected chi connectivity index (χ2v) is 18.0. The number of esters is 1. The molecule has 1 aromatic rings. The minimum atomic E-state index is -0.686. The predicted octanol–water partition coefficient (Wildman–Crippen LogP) is 15.3. The van der Waals surface area contributed by atoms with Crippen molar-refractivity contribution in [2.75, 3.05) is 33.9 Å². The van der Waals surface area contributed by atoms with Crippen molar-refractivity contribution in [2.45, 2.75) is 218 Å². The van der Waals surface area contributed by atoms with Gasteiger partial charge in [0, 0.05) is 25.5 Å². The lowest BCUT2D eigenvalue weighted by Gasteiger charge is -2.13. The number of carbonyl (C=O) groups is 3. The van der Waals surface area contributed by atoms with Crippen LogP contribution in [0.1, 0.15) is 217 Å². The Balaban J connectivity index is 2.19. The minimum absolute atomic E-state index is 0.202. The van der Waals surface area contributed by atoms with E-state index in [1.54, 1.807) is 0 Å². The number of aliphatic carboxylic acids is 2. The average molecular weight is 908 g/mol. The quantitative estimate of drug-likeness (QED) is 0.0374. The maximum absolute atomic E-state index is 12.3. The third-order valence-electron chi connectivity index (χ3n) is 11.4. The molecule has 2 N–H and O–H groups in total. The van der Waals surface area contributed by atoms with Crippen LogP contribution in [0.15, 0.2) is 66.8 Å². The number of hydrogen-bond acceptors (Lipinski definition) is 7. The highest BCUT2D eigenvalue weighted by atomic mass is 16.5. The largest absolute Gasteiger partial charge is 0.493 e. The maximum Gasteiger partial charge on any atom is 0.307 e. The second kappa shape index (κ2) is 45.3. The fourth-order valence-electron chi connectivity index (χ4n) is 7.46. The number of carboxylic acids is 2. The molecule has 0 radical (unpaired) electrons. The van der Waals surface area contributed by atoms with Crippen molar-refractivity contribution in [3.05, 3.63) is 72.4 Å². The van der Waals surface area contributed by atoms with Crippen molar-refractivity contribution in [3.8, 4) is 11.5 Å². The Kier molecular flexibility index (Phi) is 41.2. The zero-order valence-electron chi connectivity index (χ0n) is 41.3. The van der Waals surface area contributed by atoms with E-state index in [0.29, 0.717) is 39.0 Å². The number of nitrogens with zero attached hydrogens (tertiary/aromatic N) is 1. The van der Waals surface area contributed by atoms with Gasteiger partial charge in [-0.3, -0.25) is 14.4 Å². The molecule has 0 amide bonds. The van der Waals surface area contributed by atoms with Gasteiger partial charge in [-0.05, 0) is 122 Å². The number of rotatable bonds is 47. The van der Waals surface area contributed by atoms with E-state index in [1.165, 1.54) is 89.9 Å². The molecule has 65 heavy (non-hydrogen) atoms. The molecule has 0 aliphatic heterocycles. The highest BCUT2D eigenvalue weighted by molar-refractivity contribution is 5.69. The number of allylic oxidation sites excluding steroid dienone is 8. The number of carbonyl (C=O) groups excluding carboxylic acids is 1. The lowest BCUT2D eigenvalue weighted by atomic mass is 10.1. The highest BCUT2D eigenvalue weighted by Gasteiger charge is 2.09. The van der Waals surface area contributed by atoms with Crippen LogP contribution in [0.3, 0.4) is 0 Å². The smallest absolute Gasteiger partial charge is 0.307 e. The fourth-order valence-corrected chi connectivity index (χ4v) is 7.46. The molecule has 0 aliphatic rings. The molecule has 0 aromatic heterocycles. The Hall–Kier alpha value is -3.85. The summed E-state index contributed by atoms with van der Waals surface area (Å²) < 4.78 is 18.0. The van der Waals surface area contributed by atoms with Crippen molar-refractivity contribution >= 4 is 17.9 Å². The van der Waals surface area contributed by atoms with Crippen LogP contribution < -0.4 is 9.47 Å². The number of unbranched alkanes of at least 4 members (excludes halogenated alkanes) is 24. The van der Waals surface area contributed by atoms with Crippen molar-refractivity contribution in [3.63, 3.8) is 0 Å². The number of carboxylic acid groups (broad SMARTS) is 2. The summed E-state index contributed by atoms with van der Waals surface area (Å²) in [7, 11) is 3.90. The first-order valence-electron chi connectivity index (χ1n) is 26.0. The number of hydrogen-bond donors (Lipinski definition) is 2. The monoisotopic (exact) mass is 908 g/mol. The Morgan fingerprint density at radius 2 is 0.785 bits per heavy atom. The van der Waals surface area contributed by atoms with Gasteiger partial charge in [0.1, 0.15) is 18.1 Å². The van der Waals surface area contributed by atoms with Crippen LogP contribution in [0, 0.1) is 0 Å². The standard InChI is InChI=1S/C56H93NO8/c1-57(2)44-43-56(62)65-50-51-47-52(63-45-39-35-31-27-23-19-15-11-7-3-5-9-13-17-21-25-29-33-37-41-54(58)59)49-53(48-51)64-46-40-36-32-28-24-20-16-12-8-4-6-10-14-18-22-26-30-34-38-42-55(60)61/h3-4,7-10,13-14,47-49H,5-6,11-12,15-46,50H2,1-2H3,(H,58,59)(H,60,61). The molecule has 0 saturated heterocycles. The van der Waals surface area contributed by atoms with Gasteiger partial charge in [-0.1, -0.05) is 151 Å². The van der Waals surface area contributed by atoms with Gasteiger partial charge >= 0.3 is 17.9 Å². The Morgan fingerprint density at radius 3 is 1.14 bits per heavy atom. The average Bonchev–Trinajstić information content (AvgIpc) is 3.28. The van der Waals surface area contributed by atoms with Gasteiger partial charge in [-0.15, -0.1) is 0 Å². The Labute approximate surface area is 396 Å². The van der Waals surface area contributed by atoms with E-state index < -0.39 is 11.9 Å². The van der Waals surface area contributed by atoms with E-state index in [2.05, 4.69) is 48.6 Å². The third kappa shape index (κ3) is 43.8. The summed E-state index contributed by atoms with van der Waals surface area (Å²) in [5, 5.41) is 17.4. The van der Waals surface area contributed by atoms with E-state index in [-0.39, 0.29) is 12.6 Å². The molecule has 0 aliphatic carbocycles. The first-order valence-corrected chi connectivity index (χ1v) is 26.0. The second-order valence-electron chi connectivity index (χ2n) is 18.0. The van der Waals surface area contributed by atoms with E-state index >= 15 is 0 Å². The van der Waals surface area contributed by atoms with E-state index in [9.17, 15) is 14.4 Å². The predicted molar refractivity (Wildman–Crippen MR) is 270 cm³/mol. The van der Waals surface area contributed by atoms with Crippen LogP contribution in [-0.4, -0.2) is 66.9 Å². The summed E-state index contributed by atoms with van der Waals surface area (Å²) >= 11 is 0. The van der Waals surface area contributed by atoms with Gasteiger partial charge in [-0.2, -0.15) is 0 Å². The molecule has 9 nitrogen and oxygen atoms in total. The molecule has 0 bridgehead atoms. The van der Waals surface area contributed by atoms with Crippen molar-refractivity contribution in [1.82, 2.24) is 4.90 Å². The molecule has 0 atom stereocenters. The normalized spacial score (nSPS) is 11.9. The summed E-state index contributed by atoms with van der Waals surface area (Å²) in [5.74, 6) is -0.0318. The van der Waals surface area contributed by atoms with E-state index in [1.807, 2.05) is 37.2 Å². The van der Waals surface area contributed by atoms with Gasteiger partial charge in [-0.25, -0.2) is 0 Å². The summed E-state index contributed by atoms with van der Waals surface area (Å²) in [4.78, 5) is 35.4. The van der Waals surface area contributed by atoms with Crippen LogP contribution in [0.2, 0.25) is 0 Å². The third-order valence-corrected chi connectivity index (χ3v) is 11.4. The van der Waals surface area contributed by atoms with E-state index in [4.69, 9.17) is 24.4 Å². The van der Waals surface area contributed by atoms with Crippen LogP contribution in [0.4, 0.5) is 0 Å². The molecule has 1 rings (SSSR count). The topological polar surface area (TPSA) is 123 Å². The summed E-state index contributed by atoms with van der Waals surface area (Å²) in [5.41, 5.74) is 0.887. The summed E-state index contributed by atoms with van der Waals surface area (Å²) in [6.07, 6.45) is 53.4. The molecule has 0 heterocycles. The van der Waals surface area contributed by atoms with Gasteiger partial charge in [0.2, 0.25) is 0 Å². The van der Waals surface area contributed by atoms with Crippen LogP contribution >= 0.6 is 0 Å². The lowest BCUT2D eigenvalue weighted by molar-refractivity contribution is -0.145. The molecular weight excluding hydrogens is 815 g/mol. The van der Waals surface area contributed by atoms with Crippen LogP contribution in [-0.2, 0) is 25.7 Å². The zero-order chi connectivity index (χ0) is 47.1. The highest BCUT2D eigenvalue weighted by Crippen LogP contribution is 2.25. The Morgan fingerprint density at radius 1 is 0.446 bits per heavy atom. The van der Waals surface area contributed by atoms with Crippen molar-refractivity contribution < 1.29 is 38.8 Å². The number of benzene rings is 1. The van der Waals surface area contributed by atoms with Crippen molar-refractivity contribution in [2.24, 2.45) is 0 Å². The van der Waals surface area contributed by atoms with Gasteiger partial charge in [0.25, 0.3) is 0 Å².